The van der Waals surface area contributed by atoms with Crippen LogP contribution < -0.4 is 10.6 Å². The lowest BCUT2D eigenvalue weighted by atomic mass is 10.2. The number of nitrogens with zero attached hydrogens (tertiary/aromatic N) is 4. The maximum absolute atomic E-state index is 5.79. The Morgan fingerprint density at radius 3 is 3.00 bits per heavy atom. The minimum absolute atomic E-state index is 0.369. The van der Waals surface area contributed by atoms with Crippen molar-refractivity contribution >= 4 is 33.3 Å². The molecule has 2 aromatic rings. The molecule has 1 aliphatic rings. The van der Waals surface area contributed by atoms with Gasteiger partial charge in [0.1, 0.15) is 10.6 Å². The predicted octanol–water partition coefficient (Wildman–Crippen LogP) is 1.41. The molecule has 0 radical (unpaired) electrons. The number of fused-ring (bicyclic) bond motifs is 1. The fourth-order valence-corrected chi connectivity index (χ4v) is 3.22. The molecule has 0 amide bonds. The number of nitrogens with two attached hydrogens (primary N) is 1. The zero-order valence-corrected chi connectivity index (χ0v) is 11.4. The quantitative estimate of drug-likeness (QED) is 0.888. The number of hydrogen-bond acceptors (Lipinski definition) is 6. The van der Waals surface area contributed by atoms with E-state index in [1.165, 1.54) is 6.42 Å². The largest absolute Gasteiger partial charge is 0.368 e. The van der Waals surface area contributed by atoms with Crippen molar-refractivity contribution in [3.8, 4) is 0 Å². The fraction of sp³-hybridized carbons (Fsp3) is 0.500. The molecule has 1 fully saturated rings. The van der Waals surface area contributed by atoms with Crippen LogP contribution >= 0.6 is 11.3 Å². The summed E-state index contributed by atoms with van der Waals surface area (Å²) >= 11 is 1.61. The Kier molecular flexibility index (Phi) is 2.83. The van der Waals surface area contributed by atoms with Crippen molar-refractivity contribution < 1.29 is 0 Å². The SMILES string of the molecule is CN(C)C1CCN(c2nc(N)nc3sccc23)C1. The van der Waals surface area contributed by atoms with Crippen molar-refractivity contribution in [2.75, 3.05) is 37.8 Å². The molecule has 0 spiro atoms. The molecule has 1 unspecified atom stereocenters. The topological polar surface area (TPSA) is 58.3 Å². The molecular formula is C12H17N5S. The maximum atomic E-state index is 5.79. The van der Waals surface area contributed by atoms with Crippen molar-refractivity contribution in [3.05, 3.63) is 11.4 Å². The second-order valence-corrected chi connectivity index (χ2v) is 5.79. The number of rotatable bonds is 2. The molecule has 0 saturated carbocycles. The summed E-state index contributed by atoms with van der Waals surface area (Å²) in [5, 5.41) is 3.16. The van der Waals surface area contributed by atoms with E-state index in [0.717, 1.165) is 29.1 Å². The first-order valence-corrected chi connectivity index (χ1v) is 6.95. The van der Waals surface area contributed by atoms with Gasteiger partial charge < -0.3 is 15.5 Å². The average Bonchev–Trinajstić information content (AvgIpc) is 2.95. The average molecular weight is 263 g/mol. The van der Waals surface area contributed by atoms with E-state index in [1.807, 2.05) is 5.38 Å². The minimum Gasteiger partial charge on any atom is -0.368 e. The van der Waals surface area contributed by atoms with Gasteiger partial charge in [0.2, 0.25) is 5.95 Å². The summed E-state index contributed by atoms with van der Waals surface area (Å²) in [5.41, 5.74) is 5.79. The summed E-state index contributed by atoms with van der Waals surface area (Å²) in [4.78, 5) is 14.3. The van der Waals surface area contributed by atoms with Crippen LogP contribution in [0.5, 0.6) is 0 Å². The van der Waals surface area contributed by atoms with E-state index in [-0.39, 0.29) is 0 Å². The normalized spacial score (nSPS) is 20.2. The first-order chi connectivity index (χ1) is 8.65. The van der Waals surface area contributed by atoms with Crippen LogP contribution in [-0.2, 0) is 0 Å². The van der Waals surface area contributed by atoms with Crippen LogP contribution in [0.15, 0.2) is 11.4 Å². The Hall–Kier alpha value is -1.40. The Morgan fingerprint density at radius 2 is 2.28 bits per heavy atom. The Morgan fingerprint density at radius 1 is 1.44 bits per heavy atom. The summed E-state index contributed by atoms with van der Waals surface area (Å²) in [5.74, 6) is 1.36. The number of aromatic nitrogens is 2. The van der Waals surface area contributed by atoms with Gasteiger partial charge in [-0.1, -0.05) is 0 Å². The van der Waals surface area contributed by atoms with Crippen molar-refractivity contribution in [1.82, 2.24) is 14.9 Å². The standard InChI is InChI=1S/C12H17N5S/c1-16(2)8-3-5-17(7-8)10-9-4-6-18-11(9)15-12(13)14-10/h4,6,8H,3,5,7H2,1-2H3,(H2,13,14,15). The predicted molar refractivity (Wildman–Crippen MR) is 76.1 cm³/mol. The van der Waals surface area contributed by atoms with E-state index in [0.29, 0.717) is 12.0 Å². The lowest BCUT2D eigenvalue weighted by Gasteiger charge is -2.21. The van der Waals surface area contributed by atoms with E-state index in [9.17, 15) is 0 Å². The van der Waals surface area contributed by atoms with Gasteiger partial charge >= 0.3 is 0 Å². The zero-order valence-electron chi connectivity index (χ0n) is 10.6. The second-order valence-electron chi connectivity index (χ2n) is 4.90. The van der Waals surface area contributed by atoms with Crippen molar-refractivity contribution in [2.45, 2.75) is 12.5 Å². The van der Waals surface area contributed by atoms with Crippen LogP contribution in [0.1, 0.15) is 6.42 Å². The highest BCUT2D eigenvalue weighted by Gasteiger charge is 2.26. The first-order valence-electron chi connectivity index (χ1n) is 6.07. The highest BCUT2D eigenvalue weighted by Crippen LogP contribution is 2.30. The monoisotopic (exact) mass is 263 g/mol. The van der Waals surface area contributed by atoms with Crippen molar-refractivity contribution in [1.29, 1.82) is 0 Å². The summed E-state index contributed by atoms with van der Waals surface area (Å²) in [6, 6.07) is 2.67. The molecule has 1 aliphatic heterocycles. The molecule has 1 atom stereocenters. The van der Waals surface area contributed by atoms with E-state index >= 15 is 0 Å². The molecule has 6 heteroatoms. The van der Waals surface area contributed by atoms with Crippen LogP contribution in [0.2, 0.25) is 0 Å². The summed E-state index contributed by atoms with van der Waals surface area (Å²) in [6.07, 6.45) is 1.17. The van der Waals surface area contributed by atoms with Gasteiger partial charge in [-0.3, -0.25) is 0 Å². The van der Waals surface area contributed by atoms with E-state index < -0.39 is 0 Å². The molecule has 0 aliphatic carbocycles. The van der Waals surface area contributed by atoms with Crippen molar-refractivity contribution in [3.63, 3.8) is 0 Å². The molecule has 0 aromatic carbocycles. The smallest absolute Gasteiger partial charge is 0.223 e. The number of nitrogen functional groups attached to an aromatic ring is 1. The molecule has 0 bridgehead atoms. The van der Waals surface area contributed by atoms with E-state index in [2.05, 4.69) is 39.9 Å². The first kappa shape index (κ1) is 11.7. The van der Waals surface area contributed by atoms with Gasteiger partial charge in [-0.25, -0.2) is 4.98 Å². The van der Waals surface area contributed by atoms with Gasteiger partial charge in [-0.05, 0) is 32.0 Å². The number of likely N-dealkylation sites (N-methyl/N-ethyl adjacent to an activating group) is 1. The number of thiophene rings is 1. The highest BCUT2D eigenvalue weighted by molar-refractivity contribution is 7.16. The van der Waals surface area contributed by atoms with E-state index in [4.69, 9.17) is 5.73 Å². The van der Waals surface area contributed by atoms with Gasteiger partial charge in [-0.2, -0.15) is 4.98 Å². The molecule has 1 saturated heterocycles. The zero-order chi connectivity index (χ0) is 12.7. The van der Waals surface area contributed by atoms with Gasteiger partial charge in [-0.15, -0.1) is 11.3 Å². The van der Waals surface area contributed by atoms with E-state index in [1.54, 1.807) is 11.3 Å². The molecule has 5 nitrogen and oxygen atoms in total. The highest BCUT2D eigenvalue weighted by atomic mass is 32.1. The number of hydrogen-bond donors (Lipinski definition) is 1. The Balaban J connectivity index is 1.97. The third kappa shape index (κ3) is 1.91. The summed E-state index contributed by atoms with van der Waals surface area (Å²) in [6.45, 7) is 2.04. The fourth-order valence-electron chi connectivity index (χ4n) is 2.45. The molecule has 3 heterocycles. The molecule has 3 rings (SSSR count). The maximum Gasteiger partial charge on any atom is 0.223 e. The third-order valence-corrected chi connectivity index (χ3v) is 4.32. The van der Waals surface area contributed by atoms with Crippen LogP contribution in [0.4, 0.5) is 11.8 Å². The van der Waals surface area contributed by atoms with Crippen LogP contribution in [-0.4, -0.2) is 48.1 Å². The lowest BCUT2D eigenvalue weighted by molar-refractivity contribution is 0.315. The van der Waals surface area contributed by atoms with Crippen molar-refractivity contribution in [2.24, 2.45) is 0 Å². The van der Waals surface area contributed by atoms with Crippen LogP contribution in [0.25, 0.3) is 10.2 Å². The number of anilines is 2. The third-order valence-electron chi connectivity index (χ3n) is 3.52. The van der Waals surface area contributed by atoms with Crippen LogP contribution in [0, 0.1) is 0 Å². The lowest BCUT2D eigenvalue weighted by Crippen LogP contribution is -2.31. The van der Waals surface area contributed by atoms with Gasteiger partial charge in [0.05, 0.1) is 5.39 Å². The summed E-state index contributed by atoms with van der Waals surface area (Å²) < 4.78 is 0. The molecular weight excluding hydrogens is 246 g/mol. The molecule has 2 N–H and O–H groups in total. The van der Waals surface area contributed by atoms with Gasteiger partial charge in [0.25, 0.3) is 0 Å². The van der Waals surface area contributed by atoms with Gasteiger partial charge in [0, 0.05) is 19.1 Å². The Bertz CT molecular complexity index is 565. The second kappa shape index (κ2) is 4.37. The summed E-state index contributed by atoms with van der Waals surface area (Å²) in [7, 11) is 4.26. The van der Waals surface area contributed by atoms with Gasteiger partial charge in [0.15, 0.2) is 0 Å². The van der Waals surface area contributed by atoms with Crippen LogP contribution in [0.3, 0.4) is 0 Å². The molecule has 2 aromatic heterocycles. The Labute approximate surface area is 110 Å². The minimum atomic E-state index is 0.369. The molecule has 96 valence electrons. The molecule has 18 heavy (non-hydrogen) atoms.